The van der Waals surface area contributed by atoms with Gasteiger partial charge in [0.05, 0.1) is 7.11 Å². The molecule has 0 saturated heterocycles. The van der Waals surface area contributed by atoms with Crippen LogP contribution in [0.15, 0.2) is 48.5 Å². The van der Waals surface area contributed by atoms with Gasteiger partial charge >= 0.3 is 0 Å². The van der Waals surface area contributed by atoms with E-state index in [2.05, 4.69) is 10.6 Å². The molecule has 1 unspecified atom stereocenters. The van der Waals surface area contributed by atoms with Gasteiger partial charge in [0.1, 0.15) is 11.9 Å². The number of hydrogen-bond donors (Lipinski definition) is 2. The van der Waals surface area contributed by atoms with Crippen molar-refractivity contribution in [3.63, 3.8) is 0 Å². The number of carbonyl (C=O) groups is 1. The molecule has 2 rings (SSSR count). The van der Waals surface area contributed by atoms with Crippen molar-refractivity contribution in [3.8, 4) is 5.75 Å². The highest BCUT2D eigenvalue weighted by Gasteiger charge is 2.34. The molecule has 2 aromatic rings. The van der Waals surface area contributed by atoms with Crippen LogP contribution in [0.2, 0.25) is 0 Å². The minimum absolute atomic E-state index is 0.328. The van der Waals surface area contributed by atoms with Gasteiger partial charge in [-0.3, -0.25) is 4.79 Å². The number of rotatable bonds is 5. The number of benzene rings is 2. The summed E-state index contributed by atoms with van der Waals surface area (Å²) >= 11 is 18.0. The van der Waals surface area contributed by atoms with E-state index in [0.29, 0.717) is 17.0 Å². The Labute approximate surface area is 156 Å². The van der Waals surface area contributed by atoms with Crippen LogP contribution in [0.4, 0.5) is 5.69 Å². The summed E-state index contributed by atoms with van der Waals surface area (Å²) in [4.78, 5) is 12.5. The Morgan fingerprint density at radius 1 is 1.08 bits per heavy atom. The Hall–Kier alpha value is -1.62. The zero-order valence-corrected chi connectivity index (χ0v) is 15.4. The van der Waals surface area contributed by atoms with Crippen molar-refractivity contribution in [2.24, 2.45) is 0 Å². The first-order valence-electron chi connectivity index (χ1n) is 7.15. The van der Waals surface area contributed by atoms with Gasteiger partial charge in [-0.25, -0.2) is 0 Å². The second-order valence-corrected chi connectivity index (χ2v) is 7.50. The minimum Gasteiger partial charge on any atom is -0.497 e. The number of nitrogens with one attached hydrogen (secondary N) is 2. The van der Waals surface area contributed by atoms with Crippen molar-refractivity contribution in [2.75, 3.05) is 12.4 Å². The van der Waals surface area contributed by atoms with Crippen molar-refractivity contribution in [1.82, 2.24) is 5.32 Å². The molecule has 0 aliphatic carbocycles. The van der Waals surface area contributed by atoms with Crippen molar-refractivity contribution in [2.45, 2.75) is 16.9 Å². The van der Waals surface area contributed by atoms with Crippen LogP contribution in [0.3, 0.4) is 0 Å². The maximum atomic E-state index is 12.5. The third-order valence-electron chi connectivity index (χ3n) is 3.39. The topological polar surface area (TPSA) is 50.4 Å². The van der Waals surface area contributed by atoms with Crippen molar-refractivity contribution in [1.29, 1.82) is 0 Å². The molecule has 0 aromatic heterocycles. The second-order valence-electron chi connectivity index (χ2n) is 5.14. The number of halogens is 3. The van der Waals surface area contributed by atoms with Crippen LogP contribution in [-0.4, -0.2) is 23.0 Å². The highest BCUT2D eigenvalue weighted by Crippen LogP contribution is 2.31. The molecule has 0 aliphatic heterocycles. The van der Waals surface area contributed by atoms with Gasteiger partial charge in [-0.05, 0) is 42.8 Å². The Balaban J connectivity index is 2.16. The Kier molecular flexibility index (Phi) is 6.21. The van der Waals surface area contributed by atoms with Crippen LogP contribution >= 0.6 is 34.8 Å². The third-order valence-corrected chi connectivity index (χ3v) is 4.05. The first kappa shape index (κ1) is 18.7. The summed E-state index contributed by atoms with van der Waals surface area (Å²) in [6.07, 6.45) is -0.914. The molecule has 0 radical (unpaired) electrons. The predicted molar refractivity (Wildman–Crippen MR) is 99.3 cm³/mol. The zero-order valence-electron chi connectivity index (χ0n) is 13.1. The van der Waals surface area contributed by atoms with E-state index < -0.39 is 9.96 Å². The summed E-state index contributed by atoms with van der Waals surface area (Å²) in [6.45, 7) is 1.84. The first-order valence-corrected chi connectivity index (χ1v) is 8.28. The minimum atomic E-state index is -1.74. The van der Waals surface area contributed by atoms with Crippen LogP contribution in [0.1, 0.15) is 15.9 Å². The molecule has 0 spiro atoms. The van der Waals surface area contributed by atoms with Gasteiger partial charge in [0.25, 0.3) is 5.91 Å². The van der Waals surface area contributed by atoms with Crippen molar-refractivity contribution < 1.29 is 9.53 Å². The number of methoxy groups -OCH3 is 1. The van der Waals surface area contributed by atoms with E-state index in [0.717, 1.165) is 5.56 Å². The Bertz CT molecular complexity index is 700. The number of ether oxygens (including phenoxy) is 1. The van der Waals surface area contributed by atoms with Crippen molar-refractivity contribution >= 4 is 46.4 Å². The van der Waals surface area contributed by atoms with Gasteiger partial charge in [0, 0.05) is 11.3 Å². The standard InChI is InChI=1S/C17H17Cl3N2O2/c1-11-5-3-4-6-14(11)15(23)22-16(17(18,19)20)21-12-7-9-13(24-2)10-8-12/h3-10,16,21H,1-2H3,(H,22,23). The van der Waals surface area contributed by atoms with E-state index in [-0.39, 0.29) is 5.91 Å². The molecule has 0 bridgehead atoms. The molecule has 4 nitrogen and oxygen atoms in total. The normalized spacial score (nSPS) is 12.4. The average molecular weight is 388 g/mol. The fraction of sp³-hybridized carbons (Fsp3) is 0.235. The van der Waals surface area contributed by atoms with Crippen LogP contribution in [0, 0.1) is 6.92 Å². The average Bonchev–Trinajstić information content (AvgIpc) is 2.54. The summed E-state index contributed by atoms with van der Waals surface area (Å²) in [5.41, 5.74) is 2.04. The number of hydrogen-bond acceptors (Lipinski definition) is 3. The largest absolute Gasteiger partial charge is 0.497 e. The number of alkyl halides is 3. The number of amides is 1. The van der Waals surface area contributed by atoms with Gasteiger partial charge < -0.3 is 15.4 Å². The van der Waals surface area contributed by atoms with E-state index in [1.54, 1.807) is 43.5 Å². The molecule has 0 fully saturated rings. The van der Waals surface area contributed by atoms with Crippen LogP contribution in [-0.2, 0) is 0 Å². The summed E-state index contributed by atoms with van der Waals surface area (Å²) in [7, 11) is 1.58. The lowest BCUT2D eigenvalue weighted by Crippen LogP contribution is -2.49. The van der Waals surface area contributed by atoms with E-state index in [1.165, 1.54) is 0 Å². The second kappa shape index (κ2) is 7.97. The molecular weight excluding hydrogens is 371 g/mol. The lowest BCUT2D eigenvalue weighted by Gasteiger charge is -2.27. The molecule has 0 heterocycles. The number of aryl methyl sites for hydroxylation is 1. The molecule has 1 atom stereocenters. The molecule has 7 heteroatoms. The smallest absolute Gasteiger partial charge is 0.253 e. The van der Waals surface area contributed by atoms with Crippen LogP contribution in [0.5, 0.6) is 5.75 Å². The third kappa shape index (κ3) is 4.94. The van der Waals surface area contributed by atoms with E-state index in [9.17, 15) is 4.79 Å². The molecule has 0 aliphatic rings. The molecule has 2 aromatic carbocycles. The van der Waals surface area contributed by atoms with Crippen LogP contribution < -0.4 is 15.4 Å². The monoisotopic (exact) mass is 386 g/mol. The summed E-state index contributed by atoms with van der Waals surface area (Å²) in [6, 6.07) is 14.3. The maximum absolute atomic E-state index is 12.5. The van der Waals surface area contributed by atoms with Gasteiger partial charge in [0.2, 0.25) is 3.79 Å². The molecule has 24 heavy (non-hydrogen) atoms. The van der Waals surface area contributed by atoms with Gasteiger partial charge in [-0.15, -0.1) is 0 Å². The number of anilines is 1. The van der Waals surface area contributed by atoms with Gasteiger partial charge in [0.15, 0.2) is 0 Å². The maximum Gasteiger partial charge on any atom is 0.253 e. The lowest BCUT2D eigenvalue weighted by molar-refractivity contribution is 0.0941. The Morgan fingerprint density at radius 3 is 2.25 bits per heavy atom. The van der Waals surface area contributed by atoms with Crippen molar-refractivity contribution in [3.05, 3.63) is 59.7 Å². The van der Waals surface area contributed by atoms with Crippen LogP contribution in [0.25, 0.3) is 0 Å². The fourth-order valence-electron chi connectivity index (χ4n) is 2.09. The van der Waals surface area contributed by atoms with Gasteiger partial charge in [-0.2, -0.15) is 0 Å². The summed E-state index contributed by atoms with van der Waals surface area (Å²) in [5.74, 6) is 0.375. The van der Waals surface area contributed by atoms with E-state index in [4.69, 9.17) is 39.5 Å². The quantitative estimate of drug-likeness (QED) is 0.585. The molecule has 1 amide bonds. The highest BCUT2D eigenvalue weighted by atomic mass is 35.6. The first-order chi connectivity index (χ1) is 11.3. The number of carbonyl (C=O) groups excluding carboxylic acids is 1. The summed E-state index contributed by atoms with van der Waals surface area (Å²) < 4.78 is 3.36. The molecule has 128 valence electrons. The van der Waals surface area contributed by atoms with E-state index in [1.807, 2.05) is 19.1 Å². The van der Waals surface area contributed by atoms with E-state index >= 15 is 0 Å². The zero-order chi connectivity index (χ0) is 17.7. The highest BCUT2D eigenvalue weighted by molar-refractivity contribution is 6.68. The Morgan fingerprint density at radius 2 is 1.71 bits per heavy atom. The SMILES string of the molecule is COc1ccc(NC(NC(=O)c2ccccc2C)C(Cl)(Cl)Cl)cc1. The van der Waals surface area contributed by atoms with Gasteiger partial charge in [-0.1, -0.05) is 53.0 Å². The molecular formula is C17H17Cl3N2O2. The molecule has 2 N–H and O–H groups in total. The lowest BCUT2D eigenvalue weighted by atomic mass is 10.1. The molecule has 0 saturated carbocycles. The summed E-state index contributed by atoms with van der Waals surface area (Å²) in [5, 5.41) is 5.72. The predicted octanol–water partition coefficient (Wildman–Crippen LogP) is 4.54. The fourth-order valence-corrected chi connectivity index (χ4v) is 2.42.